The average Bonchev–Trinajstić information content (AvgIpc) is 2.38. The molecule has 0 saturated carbocycles. The fraction of sp³-hybridized carbons (Fsp3) is 0.929. The molecule has 0 bridgehead atoms. The Morgan fingerprint density at radius 3 is 2.58 bits per heavy atom. The molecule has 112 valence electrons. The van der Waals surface area contributed by atoms with E-state index in [0.717, 1.165) is 12.8 Å². The third-order valence-corrected chi connectivity index (χ3v) is 2.97. The highest BCUT2D eigenvalue weighted by atomic mass is 19.1. The summed E-state index contributed by atoms with van der Waals surface area (Å²) in [7, 11) is 0. The Kier molecular flexibility index (Phi) is 5.59. The van der Waals surface area contributed by atoms with E-state index >= 15 is 0 Å². The van der Waals surface area contributed by atoms with Crippen LogP contribution in [-0.4, -0.2) is 47.9 Å². The van der Waals surface area contributed by atoms with Gasteiger partial charge in [0.1, 0.15) is 11.8 Å². The number of carbonyl (C=O) groups is 1. The smallest absolute Gasteiger partial charge is 0.410 e. The zero-order valence-corrected chi connectivity index (χ0v) is 12.7. The quantitative estimate of drug-likeness (QED) is 0.842. The fourth-order valence-electron chi connectivity index (χ4n) is 2.22. The molecule has 5 heteroatoms. The van der Waals surface area contributed by atoms with Gasteiger partial charge in [0, 0.05) is 18.6 Å². The number of carbonyl (C=O) groups excluding carboxylic acids is 1. The minimum Gasteiger partial charge on any atom is -0.444 e. The molecule has 1 fully saturated rings. The molecule has 4 nitrogen and oxygen atoms in total. The van der Waals surface area contributed by atoms with Crippen molar-refractivity contribution in [1.82, 2.24) is 10.2 Å². The first kappa shape index (κ1) is 16.2. The van der Waals surface area contributed by atoms with Crippen molar-refractivity contribution < 1.29 is 13.9 Å². The Hall–Kier alpha value is -0.840. The van der Waals surface area contributed by atoms with Crippen molar-refractivity contribution in [2.75, 3.05) is 13.1 Å². The molecule has 1 aliphatic rings. The maximum absolute atomic E-state index is 14.2. The molecule has 2 unspecified atom stereocenters. The molecule has 1 amide bonds. The second kappa shape index (κ2) is 6.55. The summed E-state index contributed by atoms with van der Waals surface area (Å²) in [6, 6.07) is 0.0729. The van der Waals surface area contributed by atoms with Crippen molar-refractivity contribution in [3.63, 3.8) is 0 Å². The van der Waals surface area contributed by atoms with Crippen LogP contribution >= 0.6 is 0 Å². The molecule has 1 heterocycles. The molecule has 2 atom stereocenters. The van der Waals surface area contributed by atoms with Crippen molar-refractivity contribution in [3.05, 3.63) is 0 Å². The van der Waals surface area contributed by atoms with Crippen molar-refractivity contribution in [1.29, 1.82) is 0 Å². The summed E-state index contributed by atoms with van der Waals surface area (Å²) in [6.45, 7) is 10.1. The van der Waals surface area contributed by atoms with Crippen molar-refractivity contribution in [2.45, 2.75) is 71.3 Å². The maximum Gasteiger partial charge on any atom is 0.410 e. The Balaban J connectivity index is 2.58. The van der Waals surface area contributed by atoms with Gasteiger partial charge in [-0.3, -0.25) is 0 Å². The number of halogens is 1. The summed E-state index contributed by atoms with van der Waals surface area (Å²) in [5.41, 5.74) is -0.537. The number of alkyl halides is 1. The molecule has 1 N–H and O–H groups in total. The predicted molar refractivity (Wildman–Crippen MR) is 74.0 cm³/mol. The number of amides is 1. The lowest BCUT2D eigenvalue weighted by molar-refractivity contribution is 0.0214. The first-order chi connectivity index (χ1) is 8.69. The number of rotatable bonds is 2. The fourth-order valence-corrected chi connectivity index (χ4v) is 2.22. The van der Waals surface area contributed by atoms with Gasteiger partial charge in [-0.15, -0.1) is 0 Å². The molecule has 0 aromatic heterocycles. The second-order valence-corrected chi connectivity index (χ2v) is 6.51. The summed E-state index contributed by atoms with van der Waals surface area (Å²) < 4.78 is 19.5. The molecule has 0 aliphatic carbocycles. The van der Waals surface area contributed by atoms with Gasteiger partial charge in [-0.1, -0.05) is 13.8 Å². The molecule has 19 heavy (non-hydrogen) atoms. The number of hydrogen-bond donors (Lipinski definition) is 1. The number of ether oxygens (including phenoxy) is 1. The molecule has 1 aliphatic heterocycles. The van der Waals surface area contributed by atoms with Gasteiger partial charge >= 0.3 is 6.09 Å². The van der Waals surface area contributed by atoms with E-state index < -0.39 is 17.9 Å². The van der Waals surface area contributed by atoms with Gasteiger partial charge in [-0.05, 0) is 33.6 Å². The number of nitrogens with one attached hydrogen (secondary N) is 1. The van der Waals surface area contributed by atoms with E-state index in [1.54, 1.807) is 0 Å². The van der Waals surface area contributed by atoms with E-state index in [9.17, 15) is 9.18 Å². The van der Waals surface area contributed by atoms with E-state index in [1.165, 1.54) is 4.90 Å². The Morgan fingerprint density at radius 2 is 2.05 bits per heavy atom. The summed E-state index contributed by atoms with van der Waals surface area (Å²) in [5, 5.41) is 3.23. The molecule has 1 rings (SSSR count). The Bertz CT molecular complexity index is 302. The van der Waals surface area contributed by atoms with Gasteiger partial charge in [0.2, 0.25) is 0 Å². The van der Waals surface area contributed by atoms with Crippen molar-refractivity contribution in [2.24, 2.45) is 0 Å². The molecule has 0 aromatic carbocycles. The zero-order chi connectivity index (χ0) is 14.6. The van der Waals surface area contributed by atoms with E-state index in [1.807, 2.05) is 34.6 Å². The maximum atomic E-state index is 14.2. The second-order valence-electron chi connectivity index (χ2n) is 6.51. The average molecular weight is 274 g/mol. The van der Waals surface area contributed by atoms with Gasteiger partial charge in [0.25, 0.3) is 0 Å². The first-order valence-electron chi connectivity index (χ1n) is 7.07. The normalized spacial score (nSPS) is 25.3. The van der Waals surface area contributed by atoms with Crippen LogP contribution in [0.2, 0.25) is 0 Å². The molecule has 0 spiro atoms. The van der Waals surface area contributed by atoms with Crippen LogP contribution < -0.4 is 5.32 Å². The molecule has 0 aromatic rings. The lowest BCUT2D eigenvalue weighted by Crippen LogP contribution is -2.46. The van der Waals surface area contributed by atoms with Crippen LogP contribution in [0.15, 0.2) is 0 Å². The Labute approximate surface area is 115 Å². The number of hydrogen-bond acceptors (Lipinski definition) is 3. The summed E-state index contributed by atoms with van der Waals surface area (Å²) in [5.74, 6) is 0. The van der Waals surface area contributed by atoms with E-state index in [-0.39, 0.29) is 18.6 Å². The van der Waals surface area contributed by atoms with Crippen LogP contribution in [0.5, 0.6) is 0 Å². The molecule has 0 radical (unpaired) electrons. The third-order valence-electron chi connectivity index (χ3n) is 2.97. The van der Waals surface area contributed by atoms with E-state index in [0.29, 0.717) is 6.54 Å². The first-order valence-corrected chi connectivity index (χ1v) is 7.07. The van der Waals surface area contributed by atoms with Gasteiger partial charge in [0.05, 0.1) is 6.54 Å². The third kappa shape index (κ3) is 5.76. The number of nitrogens with zero attached hydrogens (tertiary/aromatic N) is 1. The van der Waals surface area contributed by atoms with E-state index in [2.05, 4.69) is 5.32 Å². The predicted octanol–water partition coefficient (Wildman–Crippen LogP) is 2.72. The van der Waals surface area contributed by atoms with Gasteiger partial charge < -0.3 is 15.0 Å². The van der Waals surface area contributed by atoms with Crippen LogP contribution in [0.4, 0.5) is 9.18 Å². The summed E-state index contributed by atoms with van der Waals surface area (Å²) >= 11 is 0. The standard InChI is InChI=1S/C14H27FN2O2/c1-10(2)16-12-7-6-8-17(9-11(12)15)13(18)19-14(3,4)5/h10-12,16H,6-9H2,1-5H3. The topological polar surface area (TPSA) is 41.6 Å². The van der Waals surface area contributed by atoms with Crippen LogP contribution in [0.3, 0.4) is 0 Å². The Morgan fingerprint density at radius 1 is 1.42 bits per heavy atom. The highest BCUT2D eigenvalue weighted by Crippen LogP contribution is 2.18. The highest BCUT2D eigenvalue weighted by Gasteiger charge is 2.31. The molecular weight excluding hydrogens is 247 g/mol. The summed E-state index contributed by atoms with van der Waals surface area (Å²) in [6.07, 6.45) is 0.0839. The van der Waals surface area contributed by atoms with E-state index in [4.69, 9.17) is 4.74 Å². The molecular formula is C14H27FN2O2. The monoisotopic (exact) mass is 274 g/mol. The SMILES string of the molecule is CC(C)NC1CCCN(C(=O)OC(C)(C)C)CC1F. The van der Waals surface area contributed by atoms with Gasteiger partial charge in [-0.25, -0.2) is 9.18 Å². The largest absolute Gasteiger partial charge is 0.444 e. The zero-order valence-electron chi connectivity index (χ0n) is 12.7. The van der Waals surface area contributed by atoms with Crippen molar-refractivity contribution in [3.8, 4) is 0 Å². The number of likely N-dealkylation sites (tertiary alicyclic amines) is 1. The van der Waals surface area contributed by atoms with Gasteiger partial charge in [-0.2, -0.15) is 0 Å². The van der Waals surface area contributed by atoms with Gasteiger partial charge in [0.15, 0.2) is 0 Å². The minimum atomic E-state index is -1.04. The minimum absolute atomic E-state index is 0.110. The summed E-state index contributed by atoms with van der Waals surface area (Å²) in [4.78, 5) is 13.4. The van der Waals surface area contributed by atoms with Crippen LogP contribution in [0, 0.1) is 0 Å². The van der Waals surface area contributed by atoms with Crippen LogP contribution in [0.1, 0.15) is 47.5 Å². The molecule has 1 saturated heterocycles. The highest BCUT2D eigenvalue weighted by molar-refractivity contribution is 5.68. The van der Waals surface area contributed by atoms with Crippen LogP contribution in [0.25, 0.3) is 0 Å². The lowest BCUT2D eigenvalue weighted by Gasteiger charge is -2.28. The lowest BCUT2D eigenvalue weighted by atomic mass is 10.1. The van der Waals surface area contributed by atoms with Crippen molar-refractivity contribution >= 4 is 6.09 Å². The van der Waals surface area contributed by atoms with Crippen LogP contribution in [-0.2, 0) is 4.74 Å².